The van der Waals surface area contributed by atoms with Crippen LogP contribution in [0.2, 0.25) is 5.02 Å². The molecule has 0 aromatic carbocycles. The van der Waals surface area contributed by atoms with Crippen LogP contribution in [0, 0.1) is 0 Å². The molecule has 0 spiro atoms. The molecule has 1 atom stereocenters. The highest BCUT2D eigenvalue weighted by atomic mass is 35.5. The van der Waals surface area contributed by atoms with Crippen LogP contribution in [-0.4, -0.2) is 23.3 Å². The Bertz CT molecular complexity index is 263. The molecule has 0 aliphatic carbocycles. The summed E-state index contributed by atoms with van der Waals surface area (Å²) in [4.78, 5) is 4.23. The summed E-state index contributed by atoms with van der Waals surface area (Å²) in [6, 6.07) is 3.83. The monoisotopic (exact) mass is 230 g/mol. The molecule has 78 valence electrons. The fourth-order valence-electron chi connectivity index (χ4n) is 1.03. The molecule has 0 fully saturated rings. The number of thioether (sulfide) groups is 1. The second kappa shape index (κ2) is 6.27. The first-order valence-electron chi connectivity index (χ1n) is 4.71. The standard InChI is InChI=1S/C10H15ClN2S/c1-3-12-6-8(2)14-10-5-4-9(11)7-13-10/h4-5,7-8,12H,3,6H2,1-2H3. The second-order valence-corrected chi connectivity index (χ2v) is 4.95. The van der Waals surface area contributed by atoms with Crippen molar-refractivity contribution in [2.75, 3.05) is 13.1 Å². The molecule has 0 radical (unpaired) electrons. The number of pyridine rings is 1. The summed E-state index contributed by atoms with van der Waals surface area (Å²) in [6.45, 7) is 6.31. The van der Waals surface area contributed by atoms with Gasteiger partial charge < -0.3 is 5.32 Å². The van der Waals surface area contributed by atoms with E-state index in [0.29, 0.717) is 10.3 Å². The lowest BCUT2D eigenvalue weighted by Gasteiger charge is -2.10. The van der Waals surface area contributed by atoms with Gasteiger partial charge in [0.05, 0.1) is 10.0 Å². The van der Waals surface area contributed by atoms with Crippen molar-refractivity contribution in [3.63, 3.8) is 0 Å². The van der Waals surface area contributed by atoms with E-state index < -0.39 is 0 Å². The Morgan fingerprint density at radius 1 is 1.57 bits per heavy atom. The van der Waals surface area contributed by atoms with Crippen molar-refractivity contribution in [1.82, 2.24) is 10.3 Å². The van der Waals surface area contributed by atoms with Crippen LogP contribution in [0.1, 0.15) is 13.8 Å². The highest BCUT2D eigenvalue weighted by Crippen LogP contribution is 2.21. The molecule has 1 heterocycles. The summed E-state index contributed by atoms with van der Waals surface area (Å²) in [5.74, 6) is 0. The van der Waals surface area contributed by atoms with Gasteiger partial charge in [0.15, 0.2) is 0 Å². The van der Waals surface area contributed by atoms with Crippen LogP contribution in [0.15, 0.2) is 23.4 Å². The quantitative estimate of drug-likeness (QED) is 0.788. The number of nitrogens with zero attached hydrogens (tertiary/aromatic N) is 1. The predicted molar refractivity (Wildman–Crippen MR) is 63.1 cm³/mol. The van der Waals surface area contributed by atoms with Gasteiger partial charge in [-0.05, 0) is 18.7 Å². The van der Waals surface area contributed by atoms with Gasteiger partial charge in [-0.25, -0.2) is 4.98 Å². The van der Waals surface area contributed by atoms with E-state index in [1.807, 2.05) is 12.1 Å². The van der Waals surface area contributed by atoms with Gasteiger partial charge in [-0.15, -0.1) is 11.8 Å². The summed E-state index contributed by atoms with van der Waals surface area (Å²) in [5.41, 5.74) is 0. The zero-order valence-corrected chi connectivity index (χ0v) is 10.0. The third-order valence-corrected chi connectivity index (χ3v) is 2.98. The molecule has 4 heteroatoms. The molecule has 2 nitrogen and oxygen atoms in total. The van der Waals surface area contributed by atoms with Gasteiger partial charge in [-0.2, -0.15) is 0 Å². The van der Waals surface area contributed by atoms with Crippen LogP contribution >= 0.6 is 23.4 Å². The van der Waals surface area contributed by atoms with Gasteiger partial charge in [0.2, 0.25) is 0 Å². The van der Waals surface area contributed by atoms with E-state index in [9.17, 15) is 0 Å². The van der Waals surface area contributed by atoms with Crippen molar-refractivity contribution in [3.8, 4) is 0 Å². The first-order valence-corrected chi connectivity index (χ1v) is 5.97. The number of aromatic nitrogens is 1. The maximum absolute atomic E-state index is 5.75. The molecular weight excluding hydrogens is 216 g/mol. The van der Waals surface area contributed by atoms with E-state index in [1.54, 1.807) is 18.0 Å². The summed E-state index contributed by atoms with van der Waals surface area (Å²) in [7, 11) is 0. The fraction of sp³-hybridized carbons (Fsp3) is 0.500. The van der Waals surface area contributed by atoms with Gasteiger partial charge in [0.1, 0.15) is 0 Å². The molecule has 0 aliphatic heterocycles. The summed E-state index contributed by atoms with van der Waals surface area (Å²) in [5, 5.41) is 5.55. The van der Waals surface area contributed by atoms with E-state index >= 15 is 0 Å². The average molecular weight is 231 g/mol. The lowest BCUT2D eigenvalue weighted by molar-refractivity contribution is 0.712. The fourth-order valence-corrected chi connectivity index (χ4v) is 2.01. The van der Waals surface area contributed by atoms with Gasteiger partial charge in [-0.1, -0.05) is 25.4 Å². The number of hydrogen-bond acceptors (Lipinski definition) is 3. The minimum atomic E-state index is 0.531. The Hall–Kier alpha value is -0.250. The van der Waals surface area contributed by atoms with Gasteiger partial charge in [0.25, 0.3) is 0 Å². The minimum absolute atomic E-state index is 0.531. The number of nitrogens with one attached hydrogen (secondary N) is 1. The molecule has 0 amide bonds. The van der Waals surface area contributed by atoms with Gasteiger partial charge in [-0.3, -0.25) is 0 Å². The topological polar surface area (TPSA) is 24.9 Å². The summed E-state index contributed by atoms with van der Waals surface area (Å²) in [6.07, 6.45) is 1.68. The Labute approximate surface area is 94.5 Å². The van der Waals surface area contributed by atoms with E-state index in [-0.39, 0.29) is 0 Å². The van der Waals surface area contributed by atoms with Crippen LogP contribution < -0.4 is 5.32 Å². The summed E-state index contributed by atoms with van der Waals surface area (Å²) < 4.78 is 0. The molecule has 1 aromatic rings. The van der Waals surface area contributed by atoms with Crippen LogP contribution in [0.25, 0.3) is 0 Å². The van der Waals surface area contributed by atoms with Crippen molar-refractivity contribution in [3.05, 3.63) is 23.4 Å². The maximum atomic E-state index is 5.75. The molecule has 14 heavy (non-hydrogen) atoms. The Balaban J connectivity index is 2.39. The predicted octanol–water partition coefficient (Wildman–Crippen LogP) is 2.83. The molecule has 1 aromatic heterocycles. The number of hydrogen-bond donors (Lipinski definition) is 1. The van der Waals surface area contributed by atoms with Crippen LogP contribution in [0.4, 0.5) is 0 Å². The van der Waals surface area contributed by atoms with Crippen molar-refractivity contribution >= 4 is 23.4 Å². The van der Waals surface area contributed by atoms with E-state index in [2.05, 4.69) is 24.1 Å². The van der Waals surface area contributed by atoms with Gasteiger partial charge >= 0.3 is 0 Å². The smallest absolute Gasteiger partial charge is 0.0964 e. The molecule has 0 bridgehead atoms. The second-order valence-electron chi connectivity index (χ2n) is 3.05. The molecule has 0 saturated carbocycles. The first kappa shape index (κ1) is 11.8. The molecule has 1 N–H and O–H groups in total. The molecule has 1 unspecified atom stereocenters. The van der Waals surface area contributed by atoms with Crippen molar-refractivity contribution in [2.45, 2.75) is 24.1 Å². The van der Waals surface area contributed by atoms with Crippen LogP contribution in [-0.2, 0) is 0 Å². The summed E-state index contributed by atoms with van der Waals surface area (Å²) >= 11 is 7.51. The number of halogens is 1. The molecule has 0 saturated heterocycles. The lowest BCUT2D eigenvalue weighted by Crippen LogP contribution is -2.22. The lowest BCUT2D eigenvalue weighted by atomic mass is 10.5. The highest BCUT2D eigenvalue weighted by Gasteiger charge is 2.04. The molecular formula is C10H15ClN2S. The first-order chi connectivity index (χ1) is 6.72. The Morgan fingerprint density at radius 2 is 2.36 bits per heavy atom. The Morgan fingerprint density at radius 3 is 2.93 bits per heavy atom. The van der Waals surface area contributed by atoms with E-state index in [4.69, 9.17) is 11.6 Å². The zero-order chi connectivity index (χ0) is 10.4. The minimum Gasteiger partial charge on any atom is -0.316 e. The number of rotatable bonds is 5. The van der Waals surface area contributed by atoms with Crippen molar-refractivity contribution < 1.29 is 0 Å². The Kier molecular flexibility index (Phi) is 5.30. The highest BCUT2D eigenvalue weighted by molar-refractivity contribution is 7.99. The SMILES string of the molecule is CCNCC(C)Sc1ccc(Cl)cn1. The van der Waals surface area contributed by atoms with Crippen LogP contribution in [0.5, 0.6) is 0 Å². The van der Waals surface area contributed by atoms with Crippen LogP contribution in [0.3, 0.4) is 0 Å². The maximum Gasteiger partial charge on any atom is 0.0964 e. The van der Waals surface area contributed by atoms with Crippen molar-refractivity contribution in [1.29, 1.82) is 0 Å². The molecule has 0 aliphatic rings. The normalized spacial score (nSPS) is 12.8. The average Bonchev–Trinajstić information content (AvgIpc) is 2.18. The third-order valence-electron chi connectivity index (χ3n) is 1.70. The zero-order valence-electron chi connectivity index (χ0n) is 8.46. The van der Waals surface area contributed by atoms with Gasteiger partial charge in [0, 0.05) is 18.0 Å². The van der Waals surface area contributed by atoms with Crippen molar-refractivity contribution in [2.24, 2.45) is 0 Å². The van der Waals surface area contributed by atoms with E-state index in [0.717, 1.165) is 18.1 Å². The third kappa shape index (κ3) is 4.31. The largest absolute Gasteiger partial charge is 0.316 e. The van der Waals surface area contributed by atoms with E-state index in [1.165, 1.54) is 0 Å². The molecule has 1 rings (SSSR count).